The van der Waals surface area contributed by atoms with Crippen molar-refractivity contribution in [1.82, 2.24) is 4.57 Å². The van der Waals surface area contributed by atoms with Gasteiger partial charge < -0.3 is 9.30 Å². The molecule has 0 unspecified atom stereocenters. The molecule has 1 heterocycles. The highest BCUT2D eigenvalue weighted by Crippen LogP contribution is 2.24. The van der Waals surface area contributed by atoms with Crippen LogP contribution in [0, 0.1) is 10.1 Å². The Balaban J connectivity index is 1.84. The van der Waals surface area contributed by atoms with Crippen molar-refractivity contribution < 1.29 is 19.2 Å². The highest BCUT2D eigenvalue weighted by Gasteiger charge is 2.15. The molecule has 30 heavy (non-hydrogen) atoms. The first-order valence-electron chi connectivity index (χ1n) is 8.68. The van der Waals surface area contributed by atoms with Crippen LogP contribution in [0.2, 0.25) is 5.02 Å². The highest BCUT2D eigenvalue weighted by atomic mass is 35.5. The van der Waals surface area contributed by atoms with Crippen LogP contribution in [-0.4, -0.2) is 34.2 Å². The molecule has 0 atom stereocenters. The van der Waals surface area contributed by atoms with Crippen LogP contribution in [0.1, 0.15) is 6.42 Å². The van der Waals surface area contributed by atoms with E-state index < -0.39 is 10.9 Å². The van der Waals surface area contributed by atoms with E-state index in [4.69, 9.17) is 16.3 Å². The minimum absolute atomic E-state index is 0.115. The topological polar surface area (TPSA) is 104 Å². The van der Waals surface area contributed by atoms with Gasteiger partial charge in [0, 0.05) is 34.2 Å². The van der Waals surface area contributed by atoms with Crippen LogP contribution in [0.15, 0.2) is 52.4 Å². The summed E-state index contributed by atoms with van der Waals surface area (Å²) in [7, 11) is 1.25. The van der Waals surface area contributed by atoms with E-state index in [-0.39, 0.29) is 29.4 Å². The first-order valence-corrected chi connectivity index (χ1v) is 10.9. The van der Waals surface area contributed by atoms with E-state index >= 15 is 0 Å². The third kappa shape index (κ3) is 5.47. The number of thiazole rings is 1. The van der Waals surface area contributed by atoms with Crippen LogP contribution in [-0.2, 0) is 20.9 Å². The minimum atomic E-state index is -0.548. The highest BCUT2D eigenvalue weighted by molar-refractivity contribution is 7.99. The second kappa shape index (κ2) is 9.88. The van der Waals surface area contributed by atoms with Crippen molar-refractivity contribution in [3.63, 3.8) is 0 Å². The summed E-state index contributed by atoms with van der Waals surface area (Å²) in [5.41, 5.74) is 0.331. The first kappa shape index (κ1) is 22.0. The summed E-state index contributed by atoms with van der Waals surface area (Å²) < 4.78 is 6.84. The SMILES string of the molecule is COC(=O)Cn1c(=NC(=O)CCSc2ccc(Cl)cc2)sc2ccc([N+](=O)[O-])cc21. The average Bonchev–Trinajstić information content (AvgIpc) is 3.05. The quantitative estimate of drug-likeness (QED) is 0.226. The number of benzene rings is 2. The summed E-state index contributed by atoms with van der Waals surface area (Å²) in [6.07, 6.45) is 0.194. The van der Waals surface area contributed by atoms with Crippen LogP contribution in [0.25, 0.3) is 10.2 Å². The number of hydrogen-bond donors (Lipinski definition) is 0. The molecule has 1 amide bonds. The minimum Gasteiger partial charge on any atom is -0.468 e. The summed E-state index contributed by atoms with van der Waals surface area (Å²) in [4.78, 5) is 40.2. The number of ether oxygens (including phenoxy) is 1. The summed E-state index contributed by atoms with van der Waals surface area (Å²) in [6.45, 7) is -0.205. The van der Waals surface area contributed by atoms with Crippen LogP contribution in [0.3, 0.4) is 0 Å². The Labute approximate surface area is 184 Å². The molecule has 0 bridgehead atoms. The molecule has 0 aliphatic rings. The third-order valence-corrected chi connectivity index (χ3v) is 6.33. The summed E-state index contributed by atoms with van der Waals surface area (Å²) in [6, 6.07) is 11.6. The lowest BCUT2D eigenvalue weighted by molar-refractivity contribution is -0.384. The van der Waals surface area contributed by atoms with E-state index in [0.29, 0.717) is 21.0 Å². The molecule has 0 spiro atoms. The number of thioether (sulfide) groups is 1. The van der Waals surface area contributed by atoms with Gasteiger partial charge in [-0.3, -0.25) is 19.7 Å². The van der Waals surface area contributed by atoms with Crippen molar-refractivity contribution >= 4 is 62.5 Å². The zero-order valence-electron chi connectivity index (χ0n) is 15.7. The Kier molecular flexibility index (Phi) is 7.24. The molecule has 0 N–H and O–H groups in total. The van der Waals surface area contributed by atoms with E-state index in [1.54, 1.807) is 18.2 Å². The molecule has 3 aromatic rings. The largest absolute Gasteiger partial charge is 0.468 e. The molecule has 0 fully saturated rings. The number of aromatic nitrogens is 1. The Hall–Kier alpha value is -2.69. The van der Waals surface area contributed by atoms with Crippen molar-refractivity contribution in [2.24, 2.45) is 4.99 Å². The Morgan fingerprint density at radius 2 is 2.00 bits per heavy atom. The maximum Gasteiger partial charge on any atom is 0.325 e. The smallest absolute Gasteiger partial charge is 0.325 e. The Bertz CT molecular complexity index is 1170. The number of hydrogen-bond acceptors (Lipinski definition) is 7. The number of methoxy groups -OCH3 is 1. The number of carbonyl (C=O) groups is 2. The van der Waals surface area contributed by atoms with E-state index in [1.165, 1.54) is 46.9 Å². The van der Waals surface area contributed by atoms with Gasteiger partial charge >= 0.3 is 5.97 Å². The fraction of sp³-hybridized carbons (Fsp3) is 0.211. The van der Waals surface area contributed by atoms with Gasteiger partial charge in [-0.1, -0.05) is 22.9 Å². The van der Waals surface area contributed by atoms with Gasteiger partial charge in [0.1, 0.15) is 6.54 Å². The van der Waals surface area contributed by atoms with Gasteiger partial charge in [0.15, 0.2) is 4.80 Å². The number of amides is 1. The number of nitro groups is 1. The van der Waals surface area contributed by atoms with E-state index in [0.717, 1.165) is 4.90 Å². The van der Waals surface area contributed by atoms with Crippen LogP contribution in [0.5, 0.6) is 0 Å². The van der Waals surface area contributed by atoms with Gasteiger partial charge in [-0.15, -0.1) is 11.8 Å². The molecule has 0 saturated carbocycles. The summed E-state index contributed by atoms with van der Waals surface area (Å²) >= 11 is 8.54. The summed E-state index contributed by atoms with van der Waals surface area (Å²) in [5.74, 6) is -0.373. The monoisotopic (exact) mass is 465 g/mol. The van der Waals surface area contributed by atoms with Crippen molar-refractivity contribution in [2.75, 3.05) is 12.9 Å². The van der Waals surface area contributed by atoms with Gasteiger partial charge in [0.2, 0.25) is 5.91 Å². The maximum absolute atomic E-state index is 12.4. The lowest BCUT2D eigenvalue weighted by atomic mass is 10.3. The number of nitro benzene ring substituents is 1. The molecule has 0 saturated heterocycles. The van der Waals surface area contributed by atoms with E-state index in [1.807, 2.05) is 12.1 Å². The fourth-order valence-electron chi connectivity index (χ4n) is 2.55. The molecule has 3 rings (SSSR count). The van der Waals surface area contributed by atoms with Gasteiger partial charge in [0.05, 0.1) is 22.2 Å². The first-order chi connectivity index (χ1) is 14.4. The van der Waals surface area contributed by atoms with Crippen LogP contribution in [0.4, 0.5) is 5.69 Å². The normalized spacial score (nSPS) is 11.6. The molecule has 156 valence electrons. The molecular formula is C19H16ClN3O5S2. The second-order valence-electron chi connectivity index (χ2n) is 6.01. The number of fused-ring (bicyclic) bond motifs is 1. The number of rotatable bonds is 7. The molecular weight excluding hydrogens is 450 g/mol. The predicted octanol–water partition coefficient (Wildman–Crippen LogP) is 4.05. The maximum atomic E-state index is 12.4. The molecule has 0 radical (unpaired) electrons. The van der Waals surface area contributed by atoms with Crippen molar-refractivity contribution in [2.45, 2.75) is 17.9 Å². The second-order valence-corrected chi connectivity index (χ2v) is 8.63. The number of non-ortho nitro benzene ring substituents is 1. The van der Waals surface area contributed by atoms with Gasteiger partial charge in [-0.25, -0.2) is 0 Å². The standard InChI is InChI=1S/C19H16ClN3O5S2/c1-28-18(25)11-22-15-10-13(23(26)27)4-7-16(15)30-19(22)21-17(24)8-9-29-14-5-2-12(20)3-6-14/h2-7,10H,8-9,11H2,1H3. The molecule has 0 aliphatic carbocycles. The lowest BCUT2D eigenvalue weighted by Crippen LogP contribution is -2.22. The Morgan fingerprint density at radius 3 is 2.67 bits per heavy atom. The van der Waals surface area contributed by atoms with Gasteiger partial charge in [0.25, 0.3) is 5.69 Å². The van der Waals surface area contributed by atoms with Crippen molar-refractivity contribution in [3.05, 3.63) is 62.4 Å². The Morgan fingerprint density at radius 1 is 1.27 bits per heavy atom. The summed E-state index contributed by atoms with van der Waals surface area (Å²) in [5, 5.41) is 11.7. The van der Waals surface area contributed by atoms with Gasteiger partial charge in [-0.05, 0) is 30.3 Å². The zero-order valence-corrected chi connectivity index (χ0v) is 18.1. The van der Waals surface area contributed by atoms with Crippen molar-refractivity contribution in [3.8, 4) is 0 Å². The molecule has 2 aromatic carbocycles. The lowest BCUT2D eigenvalue weighted by Gasteiger charge is -2.03. The third-order valence-electron chi connectivity index (χ3n) is 4.01. The zero-order chi connectivity index (χ0) is 21.7. The van der Waals surface area contributed by atoms with Crippen molar-refractivity contribution in [1.29, 1.82) is 0 Å². The predicted molar refractivity (Wildman–Crippen MR) is 116 cm³/mol. The number of carbonyl (C=O) groups excluding carboxylic acids is 2. The van der Waals surface area contributed by atoms with Crippen LogP contribution < -0.4 is 4.80 Å². The molecule has 11 heteroatoms. The molecule has 0 aliphatic heterocycles. The fourth-order valence-corrected chi connectivity index (χ4v) is 4.55. The molecule has 1 aromatic heterocycles. The van der Waals surface area contributed by atoms with Crippen LogP contribution >= 0.6 is 34.7 Å². The number of nitrogens with zero attached hydrogens (tertiary/aromatic N) is 3. The van der Waals surface area contributed by atoms with E-state index in [9.17, 15) is 19.7 Å². The number of halogens is 1. The number of esters is 1. The van der Waals surface area contributed by atoms with Gasteiger partial charge in [-0.2, -0.15) is 4.99 Å². The average molecular weight is 466 g/mol. The molecule has 8 nitrogen and oxygen atoms in total. The van der Waals surface area contributed by atoms with E-state index in [2.05, 4.69) is 4.99 Å².